The zero-order valence-electron chi connectivity index (χ0n) is 50.6. The molecule has 0 aliphatic carbocycles. The third kappa shape index (κ3) is 11.5. The number of fused-ring (bicyclic) bond motifs is 4. The van der Waals surface area contributed by atoms with Gasteiger partial charge in [-0.1, -0.05) is 186 Å². The molecule has 0 N–H and O–H groups in total. The van der Waals surface area contributed by atoms with E-state index in [1.165, 1.54) is 58.3 Å². The van der Waals surface area contributed by atoms with Crippen LogP contribution < -0.4 is 14.5 Å². The number of nitrogens with zero attached hydrogens (tertiary/aromatic N) is 6. The monoisotopic (exact) mass is 1280 g/mol. The molecule has 3 heterocycles. The van der Waals surface area contributed by atoms with E-state index in [1.807, 2.05) is 0 Å². The van der Waals surface area contributed by atoms with Crippen LogP contribution in [-0.2, 0) is 35.6 Å². The molecule has 8 heteroatoms. The van der Waals surface area contributed by atoms with Gasteiger partial charge in [0.1, 0.15) is 6.67 Å². The topological polar surface area (TPSA) is 59.3 Å². The summed E-state index contributed by atoms with van der Waals surface area (Å²) >= 11 is 1.40. The smallest absolute Gasteiger partial charge is 0.321 e. The second-order valence-electron chi connectivity index (χ2n) is 25.6. The van der Waals surface area contributed by atoms with Gasteiger partial charge in [-0.05, 0) is 65.1 Å². The third-order valence-corrected chi connectivity index (χ3v) is 16.9. The molecule has 0 atom stereocenters. The zero-order valence-corrected chi connectivity index (χ0v) is 53.5. The van der Waals surface area contributed by atoms with Crippen LogP contribution in [-0.4, -0.2) is 30.6 Å². The summed E-state index contributed by atoms with van der Waals surface area (Å²) in [7, 11) is 0. The summed E-state index contributed by atoms with van der Waals surface area (Å²) in [6.07, 6.45) is 8.42. The Morgan fingerprint density at radius 1 is 0.435 bits per heavy atom. The van der Waals surface area contributed by atoms with Crippen molar-refractivity contribution >= 4 is 55.2 Å². The molecular formula is C77H72N6OW. The summed E-state index contributed by atoms with van der Waals surface area (Å²) in [5.74, 6) is 2.98. The van der Waals surface area contributed by atoms with Gasteiger partial charge in [0.25, 0.3) is 0 Å². The molecule has 1 aliphatic rings. The van der Waals surface area contributed by atoms with Gasteiger partial charge in [0.05, 0.1) is 17.1 Å². The van der Waals surface area contributed by atoms with Gasteiger partial charge >= 0.3 is 186 Å². The van der Waals surface area contributed by atoms with Crippen molar-refractivity contribution in [1.29, 1.82) is 0 Å². The number of aromatic nitrogens is 4. The van der Waals surface area contributed by atoms with Crippen LogP contribution in [0.1, 0.15) is 90.1 Å². The van der Waals surface area contributed by atoms with Crippen LogP contribution in [0.5, 0.6) is 11.5 Å². The number of allylic oxidation sites excluding steroid dienone is 3. The molecule has 2 aromatic heterocycles. The quantitative estimate of drug-likeness (QED) is 0.114. The van der Waals surface area contributed by atoms with Crippen molar-refractivity contribution in [1.82, 2.24) is 19.5 Å². The molecule has 422 valence electrons. The van der Waals surface area contributed by atoms with Crippen molar-refractivity contribution in [3.63, 3.8) is 0 Å². The molecular weight excluding hydrogens is 1210 g/mol. The molecule has 7 nitrogen and oxygen atoms in total. The summed E-state index contributed by atoms with van der Waals surface area (Å²) in [6, 6.07) is 70.4. The van der Waals surface area contributed by atoms with E-state index in [9.17, 15) is 0 Å². The van der Waals surface area contributed by atoms with E-state index in [0.717, 1.165) is 72.4 Å². The predicted molar refractivity (Wildman–Crippen MR) is 355 cm³/mol. The Morgan fingerprint density at radius 2 is 0.941 bits per heavy atom. The van der Waals surface area contributed by atoms with Gasteiger partial charge < -0.3 is 9.80 Å². The standard InChI is InChI=1S/C77H72N6O.W/c1-13-14-17-44-81-66-43-42-58(77(10,11)12)45-63(66)64-47-65(74-79-72(54-30-26-50(2)27-31-54)78-73(80-74)55-32-28-51(3)29-33-55)70(48-69(64)81)84-60-21-18-20-59(46-60)82-49-83(68-25-16-15-24-67(68)82)71-61(52-34-38-56(39-35-52)75(4,5)6)22-19-23-62(71)53-36-40-57(41-37-53)76(7,8)9;/h1,13-48H,49H2,2-12H3;/b14-13-,44-17?;. The van der Waals surface area contributed by atoms with Crippen molar-refractivity contribution < 1.29 is 24.1 Å². The molecule has 1 aliphatic heterocycles. The number of anilines is 4. The molecule has 0 bridgehead atoms. The van der Waals surface area contributed by atoms with Gasteiger partial charge in [-0.3, -0.25) is 0 Å². The molecule has 0 amide bonds. The van der Waals surface area contributed by atoms with Gasteiger partial charge in [0, 0.05) is 27.9 Å². The Bertz CT molecular complexity index is 4240. The Morgan fingerprint density at radius 3 is 1.49 bits per heavy atom. The van der Waals surface area contributed by atoms with E-state index in [2.05, 4.69) is 313 Å². The molecule has 0 unspecified atom stereocenters. The number of para-hydroxylation sites is 3. The number of rotatable bonds is 12. The van der Waals surface area contributed by atoms with Crippen LogP contribution in [0.2, 0.25) is 0 Å². The number of hydrogen-bond donors (Lipinski definition) is 0. The Kier molecular flexibility index (Phi) is 15.1. The van der Waals surface area contributed by atoms with Crippen molar-refractivity contribution in [3.05, 3.63) is 240 Å². The van der Waals surface area contributed by atoms with Gasteiger partial charge in [-0.25, -0.2) is 4.98 Å². The molecule has 0 saturated heterocycles. The Labute approximate surface area is 512 Å². The summed E-state index contributed by atoms with van der Waals surface area (Å²) < 4.78 is 11.8. The van der Waals surface area contributed by atoms with Crippen LogP contribution in [0.3, 0.4) is 0 Å². The maximum atomic E-state index is 7.39. The Balaban J connectivity index is 1.02. The number of hydrogen-bond acceptors (Lipinski definition) is 6. The van der Waals surface area contributed by atoms with E-state index in [4.69, 9.17) is 19.7 Å². The summed E-state index contributed by atoms with van der Waals surface area (Å²) in [5, 5.41) is 2.20. The van der Waals surface area contributed by atoms with Crippen molar-refractivity contribution in [2.45, 2.75) is 92.4 Å². The molecule has 0 fully saturated rings. The van der Waals surface area contributed by atoms with Gasteiger partial charge in [-0.2, -0.15) is 0 Å². The number of benzene rings is 9. The summed E-state index contributed by atoms with van der Waals surface area (Å²) in [4.78, 5) is 20.8. The third-order valence-electron chi connectivity index (χ3n) is 16.3. The average molecular weight is 1280 g/mol. The first-order valence-corrected chi connectivity index (χ1v) is 31.1. The van der Waals surface area contributed by atoms with Gasteiger partial charge in [0.15, 0.2) is 11.6 Å². The molecule has 85 heavy (non-hydrogen) atoms. The molecule has 0 saturated carbocycles. The number of ether oxygens (including phenoxy) is 1. The molecule has 12 rings (SSSR count). The van der Waals surface area contributed by atoms with E-state index < -0.39 is 0 Å². The van der Waals surface area contributed by atoms with Crippen LogP contribution in [0.4, 0.5) is 22.7 Å². The normalized spacial score (nSPS) is 13.0. The fourth-order valence-corrected chi connectivity index (χ4v) is 11.8. The second kappa shape index (κ2) is 22.7. The minimum Gasteiger partial charge on any atom is -0.321 e. The van der Waals surface area contributed by atoms with Gasteiger partial charge in [-0.15, -0.1) is 0 Å². The fraction of sp³-hybridized carbons (Fsp3) is 0.195. The first-order valence-electron chi connectivity index (χ1n) is 29.4. The Hall–Kier alpha value is -8.77. The van der Waals surface area contributed by atoms with Gasteiger partial charge in [0.2, 0.25) is 0 Å². The van der Waals surface area contributed by atoms with Crippen LogP contribution in [0, 0.1) is 13.8 Å². The first-order chi connectivity index (χ1) is 40.8. The van der Waals surface area contributed by atoms with E-state index >= 15 is 0 Å². The second-order valence-corrected chi connectivity index (χ2v) is 26.5. The van der Waals surface area contributed by atoms with Crippen molar-refractivity contribution in [2.75, 3.05) is 16.5 Å². The molecule has 0 radical (unpaired) electrons. The molecule has 0 spiro atoms. The summed E-state index contributed by atoms with van der Waals surface area (Å²) in [6.45, 7) is 25.2. The predicted octanol–water partition coefficient (Wildman–Crippen LogP) is 20.2. The van der Waals surface area contributed by atoms with Crippen molar-refractivity contribution in [2.24, 2.45) is 0 Å². The van der Waals surface area contributed by atoms with Crippen molar-refractivity contribution in [3.8, 4) is 67.9 Å². The summed E-state index contributed by atoms with van der Waals surface area (Å²) in [5.41, 5.74) is 19.9. The number of aryl methyl sites for hydroxylation is 2. The van der Waals surface area contributed by atoms with Crippen LogP contribution in [0.15, 0.2) is 212 Å². The average Bonchev–Trinajstić information content (AvgIpc) is 1.85. The SMILES string of the molecule is Cc1ccc(-c2nc(-c3ccc(C)cc3)nc(-c3cc4c5cc(C(C)(C)C)ccc5n(C=C/C=C\[CH]=[W])c4cc3Oc3cccc(N4CN(c5c(-c6ccc(C(C)(C)C)cc6)cccc5-c5ccc(C(C)(C)C)cc5)c5ccccc54)c3)n2)cc1. The maximum absolute atomic E-state index is 7.39. The van der Waals surface area contributed by atoms with Crippen LogP contribution >= 0.6 is 0 Å². The molecule has 11 aromatic rings. The minimum absolute atomic E-state index is 0.0291. The van der Waals surface area contributed by atoms with Crippen LogP contribution in [0.25, 0.3) is 84.4 Å². The first kappa shape index (κ1) is 56.7. The zero-order chi connectivity index (χ0) is 59.4. The fourth-order valence-electron chi connectivity index (χ4n) is 11.4. The van der Waals surface area contributed by atoms with E-state index in [-0.39, 0.29) is 16.2 Å². The molecule has 9 aromatic carbocycles. The minimum atomic E-state index is -0.0766. The van der Waals surface area contributed by atoms with E-state index in [1.54, 1.807) is 0 Å². The van der Waals surface area contributed by atoms with E-state index in [0.29, 0.717) is 35.6 Å².